The van der Waals surface area contributed by atoms with E-state index in [1.807, 2.05) is 0 Å². The van der Waals surface area contributed by atoms with Gasteiger partial charge in [-0.05, 0) is 122 Å². The van der Waals surface area contributed by atoms with Crippen molar-refractivity contribution < 1.29 is 0 Å². The van der Waals surface area contributed by atoms with E-state index in [0.29, 0.717) is 0 Å². The van der Waals surface area contributed by atoms with Crippen LogP contribution in [0.1, 0.15) is 25.0 Å². The van der Waals surface area contributed by atoms with E-state index in [1.165, 1.54) is 109 Å². The lowest BCUT2D eigenvalue weighted by Crippen LogP contribution is -2.16. The molecule has 0 saturated carbocycles. The van der Waals surface area contributed by atoms with Gasteiger partial charge in [-0.1, -0.05) is 184 Å². The van der Waals surface area contributed by atoms with Crippen LogP contribution in [-0.4, -0.2) is 0 Å². The Hall–Kier alpha value is -6.50. The van der Waals surface area contributed by atoms with E-state index in [-0.39, 0.29) is 5.41 Å². The standard InChI is InChI=1S/C53H36/c1-53(2)51-38-20-7-6-15-33(38)27-30-46(51)50-40-22-9-8-21-39(40)47-32-36(28-29-45(47)52(50)53)35-18-14-19-37(31-35)49-43-25-12-10-23-41(43)48(34-16-4-3-5-17-34)42-24-11-13-26-44(42)49/h3-32H,1-2H3. The van der Waals surface area contributed by atoms with Crippen molar-refractivity contribution >= 4 is 53.9 Å². The molecule has 0 amide bonds. The predicted molar refractivity (Wildman–Crippen MR) is 228 cm³/mol. The summed E-state index contributed by atoms with van der Waals surface area (Å²) in [5.74, 6) is 0. The van der Waals surface area contributed by atoms with Crippen LogP contribution in [-0.2, 0) is 5.41 Å². The number of hydrogen-bond donors (Lipinski definition) is 0. The van der Waals surface area contributed by atoms with Crippen LogP contribution < -0.4 is 0 Å². The second-order valence-electron chi connectivity index (χ2n) is 15.2. The second kappa shape index (κ2) is 11.2. The van der Waals surface area contributed by atoms with Crippen LogP contribution in [0, 0.1) is 0 Å². The van der Waals surface area contributed by atoms with Gasteiger partial charge in [0.1, 0.15) is 0 Å². The van der Waals surface area contributed by atoms with E-state index in [9.17, 15) is 0 Å². The van der Waals surface area contributed by atoms with E-state index in [4.69, 9.17) is 0 Å². The van der Waals surface area contributed by atoms with Crippen molar-refractivity contribution in [3.63, 3.8) is 0 Å². The van der Waals surface area contributed by atoms with Gasteiger partial charge in [0.05, 0.1) is 0 Å². The first-order valence-corrected chi connectivity index (χ1v) is 18.7. The van der Waals surface area contributed by atoms with Crippen LogP contribution >= 0.6 is 0 Å². The van der Waals surface area contributed by atoms with Gasteiger partial charge < -0.3 is 0 Å². The lowest BCUT2D eigenvalue weighted by Gasteiger charge is -2.25. The number of rotatable bonds is 3. The Morgan fingerprint density at radius 1 is 0.283 bits per heavy atom. The first-order chi connectivity index (χ1) is 26.1. The minimum Gasteiger partial charge on any atom is -0.0622 e. The normalized spacial score (nSPS) is 13.2. The van der Waals surface area contributed by atoms with Crippen molar-refractivity contribution in [2.75, 3.05) is 0 Å². The molecule has 11 rings (SSSR count). The average Bonchev–Trinajstić information content (AvgIpc) is 3.47. The van der Waals surface area contributed by atoms with E-state index in [2.05, 4.69) is 196 Å². The molecule has 10 aromatic carbocycles. The third-order valence-electron chi connectivity index (χ3n) is 12.0. The largest absolute Gasteiger partial charge is 0.0622 e. The smallest absolute Gasteiger partial charge is 0.0171 e. The molecule has 0 aromatic heterocycles. The highest BCUT2D eigenvalue weighted by molar-refractivity contribution is 6.22. The van der Waals surface area contributed by atoms with Crippen molar-refractivity contribution in [3.05, 3.63) is 193 Å². The first-order valence-electron chi connectivity index (χ1n) is 18.7. The third-order valence-corrected chi connectivity index (χ3v) is 12.0. The molecule has 0 unspecified atom stereocenters. The van der Waals surface area contributed by atoms with Crippen LogP contribution in [0.15, 0.2) is 182 Å². The molecule has 0 nitrogen and oxygen atoms in total. The Bertz CT molecular complexity index is 3070. The van der Waals surface area contributed by atoms with Crippen molar-refractivity contribution in [2.24, 2.45) is 0 Å². The SMILES string of the molecule is CC1(C)c2c(ccc3ccccc23)-c2c1c1ccc(-c3cccc(-c4c5ccccc5c(-c5ccccc5)c5ccccc45)c3)cc1c1ccccc21. The van der Waals surface area contributed by atoms with Crippen LogP contribution in [0.25, 0.3) is 98.4 Å². The van der Waals surface area contributed by atoms with Gasteiger partial charge >= 0.3 is 0 Å². The average molecular weight is 673 g/mol. The van der Waals surface area contributed by atoms with Gasteiger partial charge in [0, 0.05) is 5.41 Å². The maximum atomic E-state index is 2.45. The minimum absolute atomic E-state index is 0.150. The molecule has 0 spiro atoms. The summed E-state index contributed by atoms with van der Waals surface area (Å²) in [6.07, 6.45) is 0. The van der Waals surface area contributed by atoms with E-state index in [1.54, 1.807) is 0 Å². The molecule has 0 aliphatic heterocycles. The van der Waals surface area contributed by atoms with E-state index < -0.39 is 0 Å². The van der Waals surface area contributed by atoms with Crippen LogP contribution in [0.4, 0.5) is 0 Å². The maximum Gasteiger partial charge on any atom is 0.0171 e. The lowest BCUT2D eigenvalue weighted by molar-refractivity contribution is 0.672. The fourth-order valence-corrected chi connectivity index (χ4v) is 9.79. The van der Waals surface area contributed by atoms with Gasteiger partial charge in [0.25, 0.3) is 0 Å². The summed E-state index contributed by atoms with van der Waals surface area (Å²) < 4.78 is 0. The highest BCUT2D eigenvalue weighted by atomic mass is 14.4. The Morgan fingerprint density at radius 2 is 0.792 bits per heavy atom. The number of fused-ring (bicyclic) bond motifs is 12. The zero-order chi connectivity index (χ0) is 35.3. The van der Waals surface area contributed by atoms with Gasteiger partial charge in [-0.25, -0.2) is 0 Å². The summed E-state index contributed by atoms with van der Waals surface area (Å²) in [7, 11) is 0. The van der Waals surface area contributed by atoms with Gasteiger partial charge in [-0.2, -0.15) is 0 Å². The van der Waals surface area contributed by atoms with Crippen LogP contribution in [0.5, 0.6) is 0 Å². The fourth-order valence-electron chi connectivity index (χ4n) is 9.79. The van der Waals surface area contributed by atoms with Crippen LogP contribution in [0.3, 0.4) is 0 Å². The van der Waals surface area contributed by atoms with Crippen molar-refractivity contribution in [3.8, 4) is 44.5 Å². The molecule has 1 aliphatic carbocycles. The monoisotopic (exact) mass is 672 g/mol. The molecule has 10 aromatic rings. The molecule has 0 heterocycles. The molecule has 0 heteroatoms. The van der Waals surface area contributed by atoms with E-state index >= 15 is 0 Å². The van der Waals surface area contributed by atoms with Crippen LogP contribution in [0.2, 0.25) is 0 Å². The molecule has 0 radical (unpaired) electrons. The van der Waals surface area contributed by atoms with Gasteiger partial charge in [0.15, 0.2) is 0 Å². The molecular weight excluding hydrogens is 637 g/mol. The summed E-state index contributed by atoms with van der Waals surface area (Å²) >= 11 is 0. The fraction of sp³-hybridized carbons (Fsp3) is 0.0566. The molecule has 0 atom stereocenters. The zero-order valence-corrected chi connectivity index (χ0v) is 29.8. The summed E-state index contributed by atoms with van der Waals surface area (Å²) in [4.78, 5) is 0. The summed E-state index contributed by atoms with van der Waals surface area (Å²) in [5.41, 5.74) is 13.0. The van der Waals surface area contributed by atoms with Crippen molar-refractivity contribution in [1.82, 2.24) is 0 Å². The number of benzene rings is 10. The summed E-state index contributed by atoms with van der Waals surface area (Å²) in [6, 6.07) is 67.7. The zero-order valence-electron chi connectivity index (χ0n) is 29.8. The third kappa shape index (κ3) is 4.30. The molecule has 0 bridgehead atoms. The molecule has 0 saturated heterocycles. The van der Waals surface area contributed by atoms with E-state index in [0.717, 1.165) is 0 Å². The quantitative estimate of drug-likeness (QED) is 0.129. The summed E-state index contributed by atoms with van der Waals surface area (Å²) in [6.45, 7) is 4.85. The summed E-state index contributed by atoms with van der Waals surface area (Å²) in [5, 5.41) is 13.1. The number of hydrogen-bond acceptors (Lipinski definition) is 0. The Morgan fingerprint density at radius 3 is 1.47 bits per heavy atom. The highest BCUT2D eigenvalue weighted by Gasteiger charge is 2.39. The van der Waals surface area contributed by atoms with Crippen molar-refractivity contribution in [1.29, 1.82) is 0 Å². The molecule has 248 valence electrons. The predicted octanol–water partition coefficient (Wildman–Crippen LogP) is 14.8. The minimum atomic E-state index is -0.150. The topological polar surface area (TPSA) is 0 Å². The molecule has 0 fully saturated rings. The lowest BCUT2D eigenvalue weighted by atomic mass is 9.77. The highest BCUT2D eigenvalue weighted by Crippen LogP contribution is 2.56. The Kier molecular flexibility index (Phi) is 6.40. The van der Waals surface area contributed by atoms with Gasteiger partial charge in [0.2, 0.25) is 0 Å². The molecule has 1 aliphatic rings. The maximum absolute atomic E-state index is 2.45. The molecular formula is C53H36. The Balaban J connectivity index is 1.14. The van der Waals surface area contributed by atoms with Gasteiger partial charge in [-0.15, -0.1) is 0 Å². The first kappa shape index (κ1) is 30.2. The molecule has 0 N–H and O–H groups in total. The Labute approximate surface area is 309 Å². The van der Waals surface area contributed by atoms with Crippen molar-refractivity contribution in [2.45, 2.75) is 19.3 Å². The van der Waals surface area contributed by atoms with Gasteiger partial charge in [-0.3, -0.25) is 0 Å². The molecule has 53 heavy (non-hydrogen) atoms. The second-order valence-corrected chi connectivity index (χ2v) is 15.2.